The minimum absolute atomic E-state index is 0.795. The van der Waals surface area contributed by atoms with E-state index in [-0.39, 0.29) is 0 Å². The van der Waals surface area contributed by atoms with E-state index in [0.29, 0.717) is 0 Å². The van der Waals surface area contributed by atoms with Crippen LogP contribution in [0.2, 0.25) is 0 Å². The predicted octanol–water partition coefficient (Wildman–Crippen LogP) is 4.61. The van der Waals surface area contributed by atoms with Crippen LogP contribution in [0.15, 0.2) is 67.0 Å². The lowest BCUT2D eigenvalue weighted by Gasteiger charge is -2.23. The molecule has 0 radical (unpaired) electrons. The van der Waals surface area contributed by atoms with Crippen molar-refractivity contribution in [1.82, 2.24) is 9.88 Å². The van der Waals surface area contributed by atoms with Gasteiger partial charge in [0.25, 0.3) is 0 Å². The second kappa shape index (κ2) is 9.19. The maximum atomic E-state index is 5.42. The van der Waals surface area contributed by atoms with E-state index in [1.165, 1.54) is 16.7 Å². The van der Waals surface area contributed by atoms with Crippen molar-refractivity contribution in [2.45, 2.75) is 26.6 Å². The number of pyridine rings is 1. The summed E-state index contributed by atoms with van der Waals surface area (Å²) in [5, 5.41) is 0. The van der Waals surface area contributed by atoms with Crippen molar-refractivity contribution in [2.75, 3.05) is 14.2 Å². The van der Waals surface area contributed by atoms with E-state index in [1.54, 1.807) is 14.2 Å². The van der Waals surface area contributed by atoms with E-state index in [4.69, 9.17) is 9.47 Å². The minimum atomic E-state index is 0.795. The number of hydrogen-bond acceptors (Lipinski definition) is 4. The molecule has 0 unspecified atom stereocenters. The summed E-state index contributed by atoms with van der Waals surface area (Å²) in [6, 6.07) is 18.9. The van der Waals surface area contributed by atoms with Gasteiger partial charge in [-0.05, 0) is 47.9 Å². The fraction of sp³-hybridized carbons (Fsp3) is 0.261. The maximum absolute atomic E-state index is 5.42. The van der Waals surface area contributed by atoms with Gasteiger partial charge in [0, 0.05) is 38.1 Å². The summed E-state index contributed by atoms with van der Waals surface area (Å²) in [6.07, 6.45) is 3.68. The largest absolute Gasteiger partial charge is 0.497 e. The highest BCUT2D eigenvalue weighted by atomic mass is 16.5. The molecule has 1 aromatic heterocycles. The molecule has 4 heteroatoms. The Labute approximate surface area is 161 Å². The third-order valence-electron chi connectivity index (χ3n) is 4.50. The number of aromatic nitrogens is 1. The average Bonchev–Trinajstić information content (AvgIpc) is 2.70. The van der Waals surface area contributed by atoms with Crippen LogP contribution in [0.4, 0.5) is 0 Å². The van der Waals surface area contributed by atoms with Crippen LogP contribution in [0.25, 0.3) is 0 Å². The van der Waals surface area contributed by atoms with Gasteiger partial charge in [-0.1, -0.05) is 29.8 Å². The maximum Gasteiger partial charge on any atom is 0.122 e. The van der Waals surface area contributed by atoms with E-state index >= 15 is 0 Å². The Morgan fingerprint density at radius 2 is 1.22 bits per heavy atom. The monoisotopic (exact) mass is 362 g/mol. The molecule has 0 bridgehead atoms. The Hall–Kier alpha value is -2.85. The minimum Gasteiger partial charge on any atom is -0.497 e. The van der Waals surface area contributed by atoms with Crippen LogP contribution < -0.4 is 9.47 Å². The number of ether oxygens (including phenoxy) is 2. The number of benzene rings is 2. The van der Waals surface area contributed by atoms with Gasteiger partial charge in [0.05, 0.1) is 14.2 Å². The molecular formula is C23H26N2O2. The normalized spacial score (nSPS) is 10.8. The first-order chi connectivity index (χ1) is 13.2. The number of nitrogens with zero attached hydrogens (tertiary/aromatic N) is 2. The summed E-state index contributed by atoms with van der Waals surface area (Å²) in [6.45, 7) is 4.61. The standard InChI is InChI=1S/C23H26N2O2/c1-18-4-6-19(7-5-18)15-25(16-20-8-10-24-11-9-20)17-21-12-22(26-2)14-23(13-21)27-3/h4-14H,15-17H2,1-3H3. The molecule has 0 fully saturated rings. The van der Waals surface area contributed by atoms with Gasteiger partial charge in [0.2, 0.25) is 0 Å². The van der Waals surface area contributed by atoms with E-state index in [2.05, 4.69) is 65.3 Å². The predicted molar refractivity (Wildman–Crippen MR) is 108 cm³/mol. The summed E-state index contributed by atoms with van der Waals surface area (Å²) >= 11 is 0. The molecule has 2 aromatic carbocycles. The SMILES string of the molecule is COc1cc(CN(Cc2ccncc2)Cc2ccc(C)cc2)cc(OC)c1. The Balaban J connectivity index is 1.83. The van der Waals surface area contributed by atoms with Gasteiger partial charge in [0.15, 0.2) is 0 Å². The van der Waals surface area contributed by atoms with Crippen molar-refractivity contribution in [3.63, 3.8) is 0 Å². The number of rotatable bonds is 8. The number of hydrogen-bond donors (Lipinski definition) is 0. The van der Waals surface area contributed by atoms with Crippen molar-refractivity contribution in [2.24, 2.45) is 0 Å². The number of aryl methyl sites for hydroxylation is 1. The molecule has 0 aliphatic carbocycles. The van der Waals surface area contributed by atoms with E-state index in [9.17, 15) is 0 Å². The highest BCUT2D eigenvalue weighted by Crippen LogP contribution is 2.24. The van der Waals surface area contributed by atoms with Crippen molar-refractivity contribution in [3.05, 3.63) is 89.2 Å². The van der Waals surface area contributed by atoms with Crippen molar-refractivity contribution in [1.29, 1.82) is 0 Å². The topological polar surface area (TPSA) is 34.6 Å². The number of methoxy groups -OCH3 is 2. The quantitative estimate of drug-likeness (QED) is 0.586. The van der Waals surface area contributed by atoms with Crippen molar-refractivity contribution >= 4 is 0 Å². The molecule has 3 rings (SSSR count). The van der Waals surface area contributed by atoms with Gasteiger partial charge >= 0.3 is 0 Å². The third kappa shape index (κ3) is 5.56. The molecule has 0 spiro atoms. The van der Waals surface area contributed by atoms with Crippen LogP contribution in [0.3, 0.4) is 0 Å². The molecular weight excluding hydrogens is 336 g/mol. The van der Waals surface area contributed by atoms with Gasteiger partial charge in [0.1, 0.15) is 11.5 Å². The molecule has 0 aliphatic rings. The first-order valence-corrected chi connectivity index (χ1v) is 9.05. The molecule has 1 heterocycles. The summed E-state index contributed by atoms with van der Waals surface area (Å²) in [5.41, 5.74) is 4.97. The molecule has 0 saturated carbocycles. The molecule has 140 valence electrons. The van der Waals surface area contributed by atoms with E-state index in [0.717, 1.165) is 36.7 Å². The highest BCUT2D eigenvalue weighted by molar-refractivity contribution is 5.38. The van der Waals surface area contributed by atoms with E-state index in [1.807, 2.05) is 18.5 Å². The van der Waals surface area contributed by atoms with Crippen LogP contribution in [-0.2, 0) is 19.6 Å². The fourth-order valence-electron chi connectivity index (χ4n) is 3.08. The zero-order chi connectivity index (χ0) is 19.1. The lowest BCUT2D eigenvalue weighted by Crippen LogP contribution is -2.22. The van der Waals surface area contributed by atoms with Crippen LogP contribution in [0, 0.1) is 6.92 Å². The van der Waals surface area contributed by atoms with Gasteiger partial charge < -0.3 is 9.47 Å². The molecule has 0 N–H and O–H groups in total. The summed E-state index contributed by atoms with van der Waals surface area (Å²) in [7, 11) is 3.36. The van der Waals surface area contributed by atoms with E-state index < -0.39 is 0 Å². The zero-order valence-corrected chi connectivity index (χ0v) is 16.2. The van der Waals surface area contributed by atoms with Gasteiger partial charge in [-0.3, -0.25) is 9.88 Å². The van der Waals surface area contributed by atoms with Crippen molar-refractivity contribution < 1.29 is 9.47 Å². The highest BCUT2D eigenvalue weighted by Gasteiger charge is 2.11. The Morgan fingerprint density at radius 3 is 1.78 bits per heavy atom. The van der Waals surface area contributed by atoms with Gasteiger partial charge in [-0.25, -0.2) is 0 Å². The Morgan fingerprint density at radius 1 is 0.704 bits per heavy atom. The second-order valence-electron chi connectivity index (χ2n) is 6.71. The molecule has 0 saturated heterocycles. The molecule has 4 nitrogen and oxygen atoms in total. The second-order valence-corrected chi connectivity index (χ2v) is 6.71. The van der Waals surface area contributed by atoms with Crippen molar-refractivity contribution in [3.8, 4) is 11.5 Å². The fourth-order valence-corrected chi connectivity index (χ4v) is 3.08. The lowest BCUT2D eigenvalue weighted by atomic mass is 10.1. The molecule has 0 amide bonds. The Bertz CT molecular complexity index is 826. The molecule has 0 atom stereocenters. The summed E-state index contributed by atoms with van der Waals surface area (Å²) < 4.78 is 10.8. The first kappa shape index (κ1) is 18.9. The lowest BCUT2D eigenvalue weighted by molar-refractivity contribution is 0.247. The smallest absolute Gasteiger partial charge is 0.122 e. The van der Waals surface area contributed by atoms with Crippen LogP contribution in [0.5, 0.6) is 11.5 Å². The molecule has 3 aromatic rings. The average molecular weight is 362 g/mol. The Kier molecular flexibility index (Phi) is 6.44. The molecule has 27 heavy (non-hydrogen) atoms. The summed E-state index contributed by atoms with van der Waals surface area (Å²) in [4.78, 5) is 6.54. The van der Waals surface area contributed by atoms with Crippen LogP contribution in [-0.4, -0.2) is 24.1 Å². The first-order valence-electron chi connectivity index (χ1n) is 9.05. The third-order valence-corrected chi connectivity index (χ3v) is 4.50. The van der Waals surface area contributed by atoms with Crippen LogP contribution >= 0.6 is 0 Å². The van der Waals surface area contributed by atoms with Gasteiger partial charge in [-0.2, -0.15) is 0 Å². The molecule has 0 aliphatic heterocycles. The van der Waals surface area contributed by atoms with Crippen LogP contribution in [0.1, 0.15) is 22.3 Å². The zero-order valence-electron chi connectivity index (χ0n) is 16.2. The van der Waals surface area contributed by atoms with Gasteiger partial charge in [-0.15, -0.1) is 0 Å². The summed E-state index contributed by atoms with van der Waals surface area (Å²) in [5.74, 6) is 1.62.